The van der Waals surface area contributed by atoms with Gasteiger partial charge in [-0.3, -0.25) is 19.2 Å². The van der Waals surface area contributed by atoms with Gasteiger partial charge in [0.1, 0.15) is 12.3 Å². The van der Waals surface area contributed by atoms with E-state index < -0.39 is 42.4 Å². The van der Waals surface area contributed by atoms with Crippen molar-refractivity contribution in [2.24, 2.45) is 11.8 Å². The van der Waals surface area contributed by atoms with Crippen molar-refractivity contribution in [1.29, 1.82) is 0 Å². The zero-order chi connectivity index (χ0) is 32.7. The molecule has 1 aliphatic carbocycles. The summed E-state index contributed by atoms with van der Waals surface area (Å²) in [6.07, 6.45) is 7.54. The lowest BCUT2D eigenvalue weighted by Gasteiger charge is -2.28. The van der Waals surface area contributed by atoms with Crippen molar-refractivity contribution in [3.8, 4) is 0 Å². The van der Waals surface area contributed by atoms with Crippen LogP contribution in [0.1, 0.15) is 89.9 Å². The number of amides is 4. The lowest BCUT2D eigenvalue weighted by Crippen LogP contribution is -2.49. The second-order valence-electron chi connectivity index (χ2n) is 11.2. The second-order valence-corrected chi connectivity index (χ2v) is 11.2. The van der Waals surface area contributed by atoms with Gasteiger partial charge in [-0.25, -0.2) is 9.59 Å². The highest BCUT2D eigenvalue weighted by Crippen LogP contribution is 2.28. The lowest BCUT2D eigenvalue weighted by atomic mass is 9.81. The number of urea groups is 1. The quantitative estimate of drug-likeness (QED) is 0.0554. The van der Waals surface area contributed by atoms with Gasteiger partial charge in [-0.2, -0.15) is 0 Å². The van der Waals surface area contributed by atoms with Gasteiger partial charge >= 0.3 is 23.9 Å². The number of nitrogens with one attached hydrogen (secondary N) is 5. The number of carboxylic acids is 3. The Hall–Kier alpha value is -3.75. The van der Waals surface area contributed by atoms with E-state index in [0.29, 0.717) is 32.3 Å². The van der Waals surface area contributed by atoms with Crippen LogP contribution >= 0.6 is 0 Å². The Morgan fingerprint density at radius 2 is 1.34 bits per heavy atom. The molecule has 0 aromatic rings. The van der Waals surface area contributed by atoms with Gasteiger partial charge in [0, 0.05) is 38.3 Å². The third kappa shape index (κ3) is 18.7. The smallest absolute Gasteiger partial charge is 0.326 e. The molecule has 1 rings (SSSR count). The highest BCUT2D eigenvalue weighted by Gasteiger charge is 2.26. The fraction of sp³-hybridized carbons (Fsp3) is 0.759. The molecule has 0 saturated heterocycles. The first kappa shape index (κ1) is 38.3. The average Bonchev–Trinajstić information content (AvgIpc) is 2.98. The van der Waals surface area contributed by atoms with Crippen LogP contribution in [0.5, 0.6) is 0 Å². The van der Waals surface area contributed by atoms with Crippen LogP contribution in [0.3, 0.4) is 0 Å². The number of unbranched alkanes of at least 4 members (excludes halogenated alkanes) is 3. The number of carbonyl (C=O) groups is 7. The molecule has 1 aliphatic rings. The van der Waals surface area contributed by atoms with Crippen LogP contribution in [-0.2, 0) is 28.8 Å². The van der Waals surface area contributed by atoms with Crippen molar-refractivity contribution in [3.05, 3.63) is 0 Å². The van der Waals surface area contributed by atoms with Crippen molar-refractivity contribution in [1.82, 2.24) is 26.6 Å². The molecule has 0 spiro atoms. The van der Waals surface area contributed by atoms with Gasteiger partial charge < -0.3 is 46.7 Å². The lowest BCUT2D eigenvalue weighted by molar-refractivity contribution is -0.141. The largest absolute Gasteiger partial charge is 0.481 e. The molecule has 15 heteroatoms. The molecule has 2 atom stereocenters. The molecule has 8 N–H and O–H groups in total. The summed E-state index contributed by atoms with van der Waals surface area (Å²) in [6.45, 7) is 2.66. The van der Waals surface area contributed by atoms with Crippen LogP contribution in [0.2, 0.25) is 0 Å². The fourth-order valence-electron chi connectivity index (χ4n) is 4.90. The minimum atomic E-state index is -1.43. The molecule has 0 bridgehead atoms. The molecular formula is C29H49N5O10. The van der Waals surface area contributed by atoms with Crippen LogP contribution in [0, 0.1) is 11.8 Å². The maximum Gasteiger partial charge on any atom is 0.326 e. The maximum atomic E-state index is 12.5. The number of hydrogen-bond donors (Lipinski definition) is 8. The van der Waals surface area contributed by atoms with Crippen molar-refractivity contribution in [3.63, 3.8) is 0 Å². The number of aldehydes is 1. The number of aliphatic carboxylic acids is 3. The fourth-order valence-corrected chi connectivity index (χ4v) is 4.90. The van der Waals surface area contributed by atoms with Crippen LogP contribution in [0.4, 0.5) is 4.79 Å². The normalized spacial score (nSPS) is 17.5. The first-order chi connectivity index (χ1) is 21.0. The van der Waals surface area contributed by atoms with Gasteiger partial charge in [0.05, 0.1) is 6.04 Å². The molecule has 44 heavy (non-hydrogen) atoms. The topological polar surface area (TPSA) is 240 Å². The second kappa shape index (κ2) is 22.7. The van der Waals surface area contributed by atoms with E-state index in [9.17, 15) is 33.6 Å². The van der Waals surface area contributed by atoms with Gasteiger partial charge in [0.15, 0.2) is 0 Å². The summed E-state index contributed by atoms with van der Waals surface area (Å²) >= 11 is 0. The molecule has 0 radical (unpaired) electrons. The Labute approximate surface area is 257 Å². The summed E-state index contributed by atoms with van der Waals surface area (Å²) < 4.78 is 0. The van der Waals surface area contributed by atoms with Crippen LogP contribution in [0.25, 0.3) is 0 Å². The monoisotopic (exact) mass is 627 g/mol. The molecular weight excluding hydrogens is 578 g/mol. The highest BCUT2D eigenvalue weighted by atomic mass is 16.4. The van der Waals surface area contributed by atoms with Crippen molar-refractivity contribution in [2.75, 3.05) is 26.2 Å². The van der Waals surface area contributed by atoms with Crippen LogP contribution < -0.4 is 26.6 Å². The van der Waals surface area contributed by atoms with E-state index >= 15 is 0 Å². The molecule has 1 saturated carbocycles. The third-order valence-corrected chi connectivity index (χ3v) is 7.54. The summed E-state index contributed by atoms with van der Waals surface area (Å²) in [7, 11) is 0. The third-order valence-electron chi connectivity index (χ3n) is 7.54. The average molecular weight is 628 g/mol. The summed E-state index contributed by atoms with van der Waals surface area (Å²) in [4.78, 5) is 80.5. The summed E-state index contributed by atoms with van der Waals surface area (Å²) in [5.74, 6) is -3.41. The Morgan fingerprint density at radius 3 is 1.95 bits per heavy atom. The Morgan fingerprint density at radius 1 is 0.705 bits per heavy atom. The van der Waals surface area contributed by atoms with Gasteiger partial charge in [-0.1, -0.05) is 12.8 Å². The summed E-state index contributed by atoms with van der Waals surface area (Å²) in [5.41, 5.74) is 0. The molecule has 0 aliphatic heterocycles. The van der Waals surface area contributed by atoms with E-state index in [4.69, 9.17) is 15.3 Å². The molecule has 0 heterocycles. The summed E-state index contributed by atoms with van der Waals surface area (Å²) in [6, 6.07) is -3.41. The first-order valence-corrected chi connectivity index (χ1v) is 15.5. The van der Waals surface area contributed by atoms with E-state index in [0.717, 1.165) is 57.9 Å². The van der Waals surface area contributed by atoms with E-state index in [1.165, 1.54) is 0 Å². The maximum absolute atomic E-state index is 12.5. The van der Waals surface area contributed by atoms with Gasteiger partial charge in [-0.05, 0) is 76.8 Å². The minimum absolute atomic E-state index is 0.00795. The SMILES string of the molecule is O=CC(CCC(=O)NCC1CCC(C(=O)NCCCCCCNCCCC(=O)O)CC1)NC(=O)NC(CCC(=O)O)C(=O)O. The van der Waals surface area contributed by atoms with Crippen molar-refractivity contribution < 1.29 is 48.9 Å². The van der Waals surface area contributed by atoms with Crippen molar-refractivity contribution >= 4 is 42.0 Å². The Kier molecular flexibility index (Phi) is 19.8. The number of carbonyl (C=O) groups excluding carboxylic acids is 4. The molecule has 250 valence electrons. The van der Waals surface area contributed by atoms with E-state index in [1.54, 1.807) is 0 Å². The van der Waals surface area contributed by atoms with E-state index in [-0.39, 0.29) is 49.3 Å². The van der Waals surface area contributed by atoms with E-state index in [2.05, 4.69) is 26.6 Å². The molecule has 0 aromatic heterocycles. The zero-order valence-corrected chi connectivity index (χ0v) is 25.3. The Bertz CT molecular complexity index is 940. The molecule has 0 aromatic carbocycles. The molecule has 15 nitrogen and oxygen atoms in total. The molecule has 1 fully saturated rings. The highest BCUT2D eigenvalue weighted by molar-refractivity contribution is 5.85. The standard InChI is InChI=1S/C29H49N5O10/c35-19-22(33-29(44)34-23(28(42)43)12-14-26(39)40)11-13-24(36)32-18-20-7-9-21(10-8-20)27(41)31-17-4-2-1-3-15-30-16-5-6-25(37)38/h19-23,30H,1-18H2,(H,31,41)(H,32,36)(H,37,38)(H,39,40)(H,42,43)(H2,33,34,44). The zero-order valence-electron chi connectivity index (χ0n) is 25.3. The molecule has 4 amide bonds. The first-order valence-electron chi connectivity index (χ1n) is 15.5. The van der Waals surface area contributed by atoms with Crippen LogP contribution in [0.15, 0.2) is 0 Å². The van der Waals surface area contributed by atoms with Gasteiger partial charge in [0.25, 0.3) is 0 Å². The predicted molar refractivity (Wildman–Crippen MR) is 159 cm³/mol. The summed E-state index contributed by atoms with van der Waals surface area (Å²) in [5, 5.41) is 39.9. The number of rotatable bonds is 24. The van der Waals surface area contributed by atoms with Gasteiger partial charge in [-0.15, -0.1) is 0 Å². The number of hydrogen-bond acceptors (Lipinski definition) is 8. The van der Waals surface area contributed by atoms with Gasteiger partial charge in [0.2, 0.25) is 11.8 Å². The predicted octanol–water partition coefficient (Wildman–Crippen LogP) is 1.00. The Balaban J connectivity index is 2.15. The molecule has 2 unspecified atom stereocenters. The van der Waals surface area contributed by atoms with E-state index in [1.807, 2.05) is 0 Å². The minimum Gasteiger partial charge on any atom is -0.481 e. The van der Waals surface area contributed by atoms with Crippen LogP contribution in [-0.4, -0.2) is 95.6 Å². The van der Waals surface area contributed by atoms with Crippen molar-refractivity contribution in [2.45, 2.75) is 102 Å². The number of carboxylic acid groups (broad SMARTS) is 3.